The molecular weight excluding hydrogens is 259 g/mol. The van der Waals surface area contributed by atoms with Gasteiger partial charge in [-0.3, -0.25) is 4.79 Å². The van der Waals surface area contributed by atoms with E-state index in [1.165, 1.54) is 12.1 Å². The summed E-state index contributed by atoms with van der Waals surface area (Å²) < 4.78 is 12.9. The number of rotatable bonds is 5. The first-order chi connectivity index (χ1) is 9.56. The Morgan fingerprint density at radius 2 is 2.00 bits per heavy atom. The molecule has 1 aromatic heterocycles. The smallest absolute Gasteiger partial charge is 0.237 e. The molecule has 0 bridgehead atoms. The second-order valence-electron chi connectivity index (χ2n) is 4.36. The Balaban J connectivity index is 2.26. The molecule has 0 aliphatic heterocycles. The number of aromatic nitrogens is 1. The highest BCUT2D eigenvalue weighted by molar-refractivity contribution is 5.79. The summed E-state index contributed by atoms with van der Waals surface area (Å²) in [5.41, 5.74) is 12.6. The maximum absolute atomic E-state index is 12.9. The zero-order valence-corrected chi connectivity index (χ0v) is 10.8. The van der Waals surface area contributed by atoms with Gasteiger partial charge in [-0.2, -0.15) is 0 Å². The van der Waals surface area contributed by atoms with Crippen molar-refractivity contribution in [3.8, 4) is 0 Å². The number of anilines is 2. The third-order valence-electron chi connectivity index (χ3n) is 2.80. The highest BCUT2D eigenvalue weighted by Gasteiger charge is 2.13. The lowest BCUT2D eigenvalue weighted by atomic mass is 10.1. The molecule has 4 N–H and O–H groups in total. The van der Waals surface area contributed by atoms with Crippen LogP contribution in [0.25, 0.3) is 0 Å². The van der Waals surface area contributed by atoms with Crippen LogP contribution in [0.15, 0.2) is 42.6 Å². The van der Waals surface area contributed by atoms with Crippen LogP contribution in [-0.2, 0) is 11.3 Å². The summed E-state index contributed by atoms with van der Waals surface area (Å²) >= 11 is 0. The van der Waals surface area contributed by atoms with E-state index in [0.29, 0.717) is 18.1 Å². The molecular formula is C14H15FN4O. The first-order valence-corrected chi connectivity index (χ1v) is 6.04. The Morgan fingerprint density at radius 3 is 2.60 bits per heavy atom. The van der Waals surface area contributed by atoms with Crippen LogP contribution in [0.2, 0.25) is 0 Å². The lowest BCUT2D eigenvalue weighted by Gasteiger charge is -2.22. The van der Waals surface area contributed by atoms with Gasteiger partial charge in [-0.05, 0) is 23.8 Å². The van der Waals surface area contributed by atoms with Gasteiger partial charge in [-0.25, -0.2) is 9.37 Å². The Labute approximate surface area is 116 Å². The van der Waals surface area contributed by atoms with E-state index >= 15 is 0 Å². The molecule has 0 atom stereocenters. The molecule has 1 amide bonds. The molecule has 6 heteroatoms. The Morgan fingerprint density at radius 1 is 1.25 bits per heavy atom. The predicted octanol–water partition coefficient (Wildman–Crippen LogP) is 1.29. The van der Waals surface area contributed by atoms with Crippen LogP contribution in [0.4, 0.5) is 15.9 Å². The zero-order chi connectivity index (χ0) is 14.5. The van der Waals surface area contributed by atoms with Crippen molar-refractivity contribution in [3.63, 3.8) is 0 Å². The van der Waals surface area contributed by atoms with Gasteiger partial charge in [-0.1, -0.05) is 18.2 Å². The number of carbonyl (C=O) groups is 1. The van der Waals surface area contributed by atoms with Gasteiger partial charge in [0.2, 0.25) is 5.91 Å². The van der Waals surface area contributed by atoms with Crippen molar-refractivity contribution in [1.82, 2.24) is 4.98 Å². The topological polar surface area (TPSA) is 85.2 Å². The molecule has 2 aromatic rings. The molecule has 0 aliphatic rings. The van der Waals surface area contributed by atoms with Crippen LogP contribution in [0.1, 0.15) is 5.56 Å². The summed E-state index contributed by atoms with van der Waals surface area (Å²) in [5, 5.41) is 0. The largest absolute Gasteiger partial charge is 0.398 e. The molecule has 0 spiro atoms. The predicted molar refractivity (Wildman–Crippen MR) is 75.3 cm³/mol. The summed E-state index contributed by atoms with van der Waals surface area (Å²) in [5.74, 6) is -0.467. The van der Waals surface area contributed by atoms with Crippen molar-refractivity contribution in [3.05, 3.63) is 54.0 Å². The molecule has 5 nitrogen and oxygen atoms in total. The van der Waals surface area contributed by atoms with Crippen LogP contribution in [0, 0.1) is 5.82 Å². The molecule has 0 fully saturated rings. The third kappa shape index (κ3) is 3.44. The number of pyridine rings is 1. The summed E-state index contributed by atoms with van der Waals surface area (Å²) in [4.78, 5) is 16.8. The van der Waals surface area contributed by atoms with Crippen molar-refractivity contribution in [2.24, 2.45) is 5.73 Å². The molecule has 1 aromatic carbocycles. The monoisotopic (exact) mass is 274 g/mol. The van der Waals surface area contributed by atoms with Gasteiger partial charge in [0.25, 0.3) is 0 Å². The van der Waals surface area contributed by atoms with E-state index < -0.39 is 11.7 Å². The maximum Gasteiger partial charge on any atom is 0.237 e. The standard InChI is InChI=1S/C14H15FN4O/c15-11-5-6-14(18-7-11)19(9-13(17)20)8-10-3-1-2-4-12(10)16/h1-7H,8-9,16H2,(H2,17,20). The number of benzene rings is 1. The Hall–Kier alpha value is -2.63. The average Bonchev–Trinajstić information content (AvgIpc) is 2.41. The van der Waals surface area contributed by atoms with Crippen LogP contribution < -0.4 is 16.4 Å². The van der Waals surface area contributed by atoms with Gasteiger partial charge in [0.1, 0.15) is 11.6 Å². The molecule has 2 rings (SSSR count). The summed E-state index contributed by atoms with van der Waals surface area (Å²) in [7, 11) is 0. The zero-order valence-electron chi connectivity index (χ0n) is 10.8. The maximum atomic E-state index is 12.9. The first-order valence-electron chi connectivity index (χ1n) is 6.04. The van der Waals surface area contributed by atoms with Crippen molar-refractivity contribution in [2.75, 3.05) is 17.2 Å². The molecule has 20 heavy (non-hydrogen) atoms. The third-order valence-corrected chi connectivity index (χ3v) is 2.80. The SMILES string of the molecule is NC(=O)CN(Cc1ccccc1N)c1ccc(F)cn1. The lowest BCUT2D eigenvalue weighted by Crippen LogP contribution is -2.34. The minimum absolute atomic E-state index is 0.0209. The van der Waals surface area contributed by atoms with Crippen LogP contribution in [-0.4, -0.2) is 17.4 Å². The van der Waals surface area contributed by atoms with Crippen LogP contribution >= 0.6 is 0 Å². The quantitative estimate of drug-likeness (QED) is 0.805. The van der Waals surface area contributed by atoms with E-state index in [-0.39, 0.29) is 6.54 Å². The van der Waals surface area contributed by atoms with Gasteiger partial charge in [-0.15, -0.1) is 0 Å². The molecule has 0 unspecified atom stereocenters. The number of halogens is 1. The fraction of sp³-hybridized carbons (Fsp3) is 0.143. The van der Waals surface area contributed by atoms with Gasteiger partial charge >= 0.3 is 0 Å². The second-order valence-corrected chi connectivity index (χ2v) is 4.36. The Bertz CT molecular complexity index is 600. The molecule has 0 aliphatic carbocycles. The normalized spacial score (nSPS) is 10.2. The number of nitrogens with two attached hydrogens (primary N) is 2. The van der Waals surface area contributed by atoms with Crippen LogP contribution in [0.5, 0.6) is 0 Å². The fourth-order valence-corrected chi connectivity index (χ4v) is 1.84. The van der Waals surface area contributed by atoms with Gasteiger partial charge < -0.3 is 16.4 Å². The number of hydrogen-bond acceptors (Lipinski definition) is 4. The number of nitrogen functional groups attached to an aromatic ring is 1. The number of hydrogen-bond donors (Lipinski definition) is 2. The molecule has 0 radical (unpaired) electrons. The minimum atomic E-state index is -0.495. The van der Waals surface area contributed by atoms with E-state index in [4.69, 9.17) is 11.5 Å². The molecule has 0 saturated carbocycles. The number of amides is 1. The van der Waals surface area contributed by atoms with Crippen molar-refractivity contribution in [1.29, 1.82) is 0 Å². The van der Waals surface area contributed by atoms with Gasteiger partial charge in [0.05, 0.1) is 12.7 Å². The van der Waals surface area contributed by atoms with Crippen molar-refractivity contribution < 1.29 is 9.18 Å². The van der Waals surface area contributed by atoms with Crippen LogP contribution in [0.3, 0.4) is 0 Å². The summed E-state index contributed by atoms with van der Waals surface area (Å²) in [6.07, 6.45) is 1.09. The van der Waals surface area contributed by atoms with Gasteiger partial charge in [0, 0.05) is 12.2 Å². The second kappa shape index (κ2) is 6.01. The van der Waals surface area contributed by atoms with E-state index in [1.54, 1.807) is 11.0 Å². The highest BCUT2D eigenvalue weighted by Crippen LogP contribution is 2.18. The number of para-hydroxylation sites is 1. The van der Waals surface area contributed by atoms with E-state index in [2.05, 4.69) is 4.98 Å². The summed E-state index contributed by atoms with van der Waals surface area (Å²) in [6.45, 7) is 0.348. The lowest BCUT2D eigenvalue weighted by molar-refractivity contribution is -0.116. The molecule has 0 saturated heterocycles. The molecule has 104 valence electrons. The highest BCUT2D eigenvalue weighted by atomic mass is 19.1. The summed E-state index contributed by atoms with van der Waals surface area (Å²) in [6, 6.07) is 10.1. The van der Waals surface area contributed by atoms with E-state index in [9.17, 15) is 9.18 Å². The fourth-order valence-electron chi connectivity index (χ4n) is 1.84. The number of carbonyl (C=O) groups excluding carboxylic acids is 1. The Kier molecular flexibility index (Phi) is 4.14. The number of nitrogens with zero attached hydrogens (tertiary/aromatic N) is 2. The average molecular weight is 274 g/mol. The molecule has 1 heterocycles. The van der Waals surface area contributed by atoms with Crippen molar-refractivity contribution in [2.45, 2.75) is 6.54 Å². The van der Waals surface area contributed by atoms with E-state index in [1.807, 2.05) is 18.2 Å². The first kappa shape index (κ1) is 13.8. The van der Waals surface area contributed by atoms with Gasteiger partial charge in [0.15, 0.2) is 0 Å². The van der Waals surface area contributed by atoms with E-state index in [0.717, 1.165) is 11.8 Å². The minimum Gasteiger partial charge on any atom is -0.398 e. The number of primary amides is 1. The van der Waals surface area contributed by atoms with Crippen molar-refractivity contribution >= 4 is 17.4 Å².